The smallest absolute Gasteiger partial charge is 0.191 e. The number of ether oxygens (including phenoxy) is 1. The van der Waals surface area contributed by atoms with Crippen LogP contribution in [0.25, 0.3) is 0 Å². The number of aryl methyl sites for hydroxylation is 2. The average molecular weight is 490 g/mol. The highest BCUT2D eigenvalue weighted by Gasteiger charge is 2.22. The van der Waals surface area contributed by atoms with E-state index in [1.54, 1.807) is 18.4 Å². The van der Waals surface area contributed by atoms with Crippen LogP contribution in [0.15, 0.2) is 17.1 Å². The van der Waals surface area contributed by atoms with Gasteiger partial charge >= 0.3 is 0 Å². The first-order valence-electron chi connectivity index (χ1n) is 8.69. The van der Waals surface area contributed by atoms with Gasteiger partial charge in [-0.05, 0) is 32.4 Å². The number of rotatable bonds is 6. The molecular formula is C17H27IN6OS. The van der Waals surface area contributed by atoms with Crippen LogP contribution in [0.2, 0.25) is 0 Å². The van der Waals surface area contributed by atoms with Gasteiger partial charge in [0.2, 0.25) is 0 Å². The van der Waals surface area contributed by atoms with Gasteiger partial charge in [-0.3, -0.25) is 0 Å². The number of hydrogen-bond donors (Lipinski definition) is 2. The minimum absolute atomic E-state index is 0. The summed E-state index contributed by atoms with van der Waals surface area (Å²) in [4.78, 5) is 11.8. The van der Waals surface area contributed by atoms with Gasteiger partial charge in [-0.25, -0.2) is 14.7 Å². The van der Waals surface area contributed by atoms with Gasteiger partial charge in [-0.15, -0.1) is 35.3 Å². The predicted octanol–water partition coefficient (Wildman–Crippen LogP) is 2.48. The van der Waals surface area contributed by atoms with Crippen molar-refractivity contribution in [1.29, 1.82) is 0 Å². The molecule has 0 aromatic carbocycles. The molecule has 2 aromatic rings. The van der Waals surface area contributed by atoms with Crippen molar-refractivity contribution >= 4 is 41.3 Å². The number of fused-ring (bicyclic) bond motifs is 1. The Balaban J connectivity index is 0.00000243. The largest absolute Gasteiger partial charge is 0.377 e. The fraction of sp³-hybridized carbons (Fsp3) is 0.588. The zero-order valence-corrected chi connectivity index (χ0v) is 18.6. The number of methoxy groups -OCH3 is 1. The quantitative estimate of drug-likeness (QED) is 0.370. The number of hydrogen-bond acceptors (Lipinski definition) is 5. The number of halogens is 1. The summed E-state index contributed by atoms with van der Waals surface area (Å²) in [5.41, 5.74) is 0. The van der Waals surface area contributed by atoms with Crippen LogP contribution in [-0.4, -0.2) is 40.4 Å². The second kappa shape index (κ2) is 10.2. The van der Waals surface area contributed by atoms with Gasteiger partial charge in [0.15, 0.2) is 11.8 Å². The van der Waals surface area contributed by atoms with Crippen LogP contribution in [0.3, 0.4) is 0 Å². The molecule has 0 radical (unpaired) electrons. The van der Waals surface area contributed by atoms with Gasteiger partial charge in [0.25, 0.3) is 0 Å². The highest BCUT2D eigenvalue weighted by Crippen LogP contribution is 2.16. The lowest BCUT2D eigenvalue weighted by molar-refractivity contribution is 0.177. The maximum atomic E-state index is 5.12. The second-order valence-electron chi connectivity index (χ2n) is 6.15. The molecule has 3 heterocycles. The Kier molecular flexibility index (Phi) is 8.29. The molecule has 1 aliphatic heterocycles. The number of nitrogens with one attached hydrogen (secondary N) is 2. The van der Waals surface area contributed by atoms with Crippen LogP contribution in [0.4, 0.5) is 0 Å². The van der Waals surface area contributed by atoms with E-state index in [2.05, 4.69) is 46.7 Å². The van der Waals surface area contributed by atoms with E-state index in [4.69, 9.17) is 9.73 Å². The summed E-state index contributed by atoms with van der Waals surface area (Å²) in [5.74, 6) is 2.66. The molecule has 1 unspecified atom stereocenters. The van der Waals surface area contributed by atoms with Crippen LogP contribution in [0, 0.1) is 6.92 Å². The monoisotopic (exact) mass is 490 g/mol. The summed E-state index contributed by atoms with van der Waals surface area (Å²) < 4.78 is 7.11. The van der Waals surface area contributed by atoms with E-state index >= 15 is 0 Å². The molecule has 1 atom stereocenters. The summed E-state index contributed by atoms with van der Waals surface area (Å²) in [6.45, 7) is 7.01. The van der Waals surface area contributed by atoms with Crippen LogP contribution >= 0.6 is 35.3 Å². The Hall–Kier alpha value is -1.20. The molecule has 0 fully saturated rings. The van der Waals surface area contributed by atoms with Gasteiger partial charge in [0, 0.05) is 35.9 Å². The lowest BCUT2D eigenvalue weighted by Gasteiger charge is -2.25. The number of nitrogens with zero attached hydrogens (tertiary/aromatic N) is 4. The third kappa shape index (κ3) is 5.65. The first-order chi connectivity index (χ1) is 12.2. The molecule has 7 nitrogen and oxygen atoms in total. The van der Waals surface area contributed by atoms with Crippen molar-refractivity contribution in [3.8, 4) is 0 Å². The summed E-state index contributed by atoms with van der Waals surface area (Å²) in [7, 11) is 1.67. The van der Waals surface area contributed by atoms with Crippen molar-refractivity contribution in [2.24, 2.45) is 4.99 Å². The van der Waals surface area contributed by atoms with Crippen LogP contribution in [0.5, 0.6) is 0 Å². The molecule has 0 saturated heterocycles. The Labute approximate surface area is 175 Å². The van der Waals surface area contributed by atoms with Crippen LogP contribution in [0.1, 0.15) is 34.7 Å². The normalized spacial score (nSPS) is 16.7. The molecule has 3 rings (SSSR count). The first-order valence-corrected chi connectivity index (χ1v) is 9.51. The van der Waals surface area contributed by atoms with Crippen molar-refractivity contribution in [3.05, 3.63) is 33.5 Å². The van der Waals surface area contributed by atoms with Gasteiger partial charge in [-0.2, -0.15) is 5.10 Å². The van der Waals surface area contributed by atoms with Gasteiger partial charge < -0.3 is 15.4 Å². The standard InChI is InChI=1S/C17H26N6OS.HI/c1-4-18-17(19-9-14-7-5-12(2)25-14)20-13-6-8-16-21-15(11-24-3)22-23(16)10-13;/h5,7,13H,4,6,8-11H2,1-3H3,(H2,18,19,20);1H. The highest BCUT2D eigenvalue weighted by molar-refractivity contribution is 14.0. The second-order valence-corrected chi connectivity index (χ2v) is 7.52. The summed E-state index contributed by atoms with van der Waals surface area (Å²) in [6.07, 6.45) is 1.94. The van der Waals surface area contributed by atoms with Gasteiger partial charge in [0.05, 0.1) is 13.1 Å². The van der Waals surface area contributed by atoms with E-state index in [9.17, 15) is 0 Å². The van der Waals surface area contributed by atoms with Crippen molar-refractivity contribution in [2.75, 3.05) is 13.7 Å². The lowest BCUT2D eigenvalue weighted by atomic mass is 10.1. The molecular weight excluding hydrogens is 463 g/mol. The zero-order chi connectivity index (χ0) is 17.6. The topological polar surface area (TPSA) is 76.4 Å². The molecule has 0 amide bonds. The minimum atomic E-state index is 0. The molecule has 9 heteroatoms. The average Bonchev–Trinajstić information content (AvgIpc) is 3.18. The Morgan fingerprint density at radius 3 is 3.00 bits per heavy atom. The predicted molar refractivity (Wildman–Crippen MR) is 115 cm³/mol. The molecule has 0 saturated carbocycles. The number of guanidine groups is 1. The van der Waals surface area contributed by atoms with Gasteiger partial charge in [0.1, 0.15) is 12.4 Å². The minimum Gasteiger partial charge on any atom is -0.377 e. The molecule has 0 spiro atoms. The molecule has 2 N–H and O–H groups in total. The van der Waals surface area contributed by atoms with E-state index in [-0.39, 0.29) is 24.0 Å². The third-order valence-corrected chi connectivity index (χ3v) is 5.03. The lowest BCUT2D eigenvalue weighted by Crippen LogP contribution is -2.47. The summed E-state index contributed by atoms with van der Waals surface area (Å²) in [6, 6.07) is 4.58. The maximum Gasteiger partial charge on any atom is 0.191 e. The van der Waals surface area contributed by atoms with Crippen molar-refractivity contribution in [3.63, 3.8) is 0 Å². The Bertz CT molecular complexity index is 729. The zero-order valence-electron chi connectivity index (χ0n) is 15.5. The molecule has 2 aromatic heterocycles. The van der Waals surface area contributed by atoms with E-state index < -0.39 is 0 Å². The molecule has 26 heavy (non-hydrogen) atoms. The van der Waals surface area contributed by atoms with Gasteiger partial charge in [-0.1, -0.05) is 0 Å². The Morgan fingerprint density at radius 1 is 1.46 bits per heavy atom. The number of thiophene rings is 1. The number of aliphatic imine (C=N–C) groups is 1. The molecule has 0 aliphatic carbocycles. The van der Waals surface area contributed by atoms with Crippen LogP contribution in [-0.2, 0) is 30.9 Å². The van der Waals surface area contributed by atoms with Crippen molar-refractivity contribution in [2.45, 2.75) is 52.4 Å². The van der Waals surface area contributed by atoms with E-state index in [0.717, 1.165) is 43.5 Å². The molecule has 1 aliphatic rings. The highest BCUT2D eigenvalue weighted by atomic mass is 127. The molecule has 144 valence electrons. The number of aromatic nitrogens is 3. The van der Waals surface area contributed by atoms with Crippen molar-refractivity contribution < 1.29 is 4.74 Å². The van der Waals surface area contributed by atoms with E-state index in [0.29, 0.717) is 19.2 Å². The Morgan fingerprint density at radius 2 is 2.31 bits per heavy atom. The molecule has 0 bridgehead atoms. The fourth-order valence-electron chi connectivity index (χ4n) is 2.91. The van der Waals surface area contributed by atoms with E-state index in [1.165, 1.54) is 9.75 Å². The van der Waals surface area contributed by atoms with E-state index in [1.807, 2.05) is 4.68 Å². The van der Waals surface area contributed by atoms with Crippen molar-refractivity contribution in [1.82, 2.24) is 25.4 Å². The third-order valence-electron chi connectivity index (χ3n) is 4.05. The maximum absolute atomic E-state index is 5.12. The SMILES string of the molecule is CCNC(=NCc1ccc(C)s1)NC1CCc2nc(COC)nn2C1.I. The summed E-state index contributed by atoms with van der Waals surface area (Å²) in [5, 5.41) is 11.4. The first kappa shape index (κ1) is 21.1. The fourth-order valence-corrected chi connectivity index (χ4v) is 3.72. The van der Waals surface area contributed by atoms with Crippen LogP contribution < -0.4 is 10.6 Å². The summed E-state index contributed by atoms with van der Waals surface area (Å²) >= 11 is 1.80.